The molecule has 0 bridgehead atoms. The van der Waals surface area contributed by atoms with Gasteiger partial charge in [-0.05, 0) is 44.2 Å². The van der Waals surface area contributed by atoms with Crippen molar-refractivity contribution in [3.05, 3.63) is 58.1 Å². The van der Waals surface area contributed by atoms with Crippen molar-refractivity contribution >= 4 is 17.4 Å². The van der Waals surface area contributed by atoms with Crippen molar-refractivity contribution in [2.24, 2.45) is 7.05 Å². The summed E-state index contributed by atoms with van der Waals surface area (Å²) in [5.74, 6) is 2.61. The first-order valence-corrected chi connectivity index (χ1v) is 9.98. The highest BCUT2D eigenvalue weighted by Crippen LogP contribution is 2.32. The second-order valence-electron chi connectivity index (χ2n) is 6.60. The van der Waals surface area contributed by atoms with Gasteiger partial charge in [0.05, 0.1) is 18.1 Å². The van der Waals surface area contributed by atoms with Crippen LogP contribution >= 0.6 is 11.8 Å². The fraction of sp³-hybridized carbons (Fsp3) is 0.300. The van der Waals surface area contributed by atoms with Crippen molar-refractivity contribution < 1.29 is 14.4 Å². The second-order valence-corrected chi connectivity index (χ2v) is 7.54. The number of nitro benzene ring substituents is 1. The molecule has 0 unspecified atom stereocenters. The summed E-state index contributed by atoms with van der Waals surface area (Å²) >= 11 is 1.45. The first-order chi connectivity index (χ1) is 13.9. The third-order valence-corrected chi connectivity index (χ3v) is 5.23. The Balaban J connectivity index is 1.81. The van der Waals surface area contributed by atoms with Crippen molar-refractivity contribution in [2.75, 3.05) is 7.11 Å². The first-order valence-electron chi connectivity index (χ1n) is 8.99. The molecule has 0 atom stereocenters. The number of methoxy groups -OCH3 is 1. The summed E-state index contributed by atoms with van der Waals surface area (Å²) in [6, 6.07) is 12.2. The van der Waals surface area contributed by atoms with Crippen LogP contribution in [0.3, 0.4) is 0 Å². The van der Waals surface area contributed by atoms with E-state index < -0.39 is 4.92 Å². The zero-order valence-electron chi connectivity index (χ0n) is 16.7. The first kappa shape index (κ1) is 20.7. The molecule has 0 radical (unpaired) electrons. The van der Waals surface area contributed by atoms with Crippen LogP contribution in [-0.4, -0.2) is 32.9 Å². The van der Waals surface area contributed by atoms with Crippen molar-refractivity contribution in [3.63, 3.8) is 0 Å². The van der Waals surface area contributed by atoms with E-state index in [4.69, 9.17) is 9.47 Å². The SMILES string of the molecule is COc1ccc(-c2nnc(SCc3cc([N+](=O)[O-])ccc3OC(C)C)n2C)cc1. The molecular formula is C20H22N4O4S. The molecule has 0 aliphatic rings. The van der Waals surface area contributed by atoms with Crippen molar-refractivity contribution in [1.82, 2.24) is 14.8 Å². The Labute approximate surface area is 173 Å². The number of nitrogens with zero attached hydrogens (tertiary/aromatic N) is 4. The number of ether oxygens (including phenoxy) is 2. The van der Waals surface area contributed by atoms with Crippen LogP contribution in [0.25, 0.3) is 11.4 Å². The molecule has 0 aliphatic heterocycles. The monoisotopic (exact) mass is 414 g/mol. The van der Waals surface area contributed by atoms with Gasteiger partial charge in [-0.15, -0.1) is 10.2 Å². The lowest BCUT2D eigenvalue weighted by Gasteiger charge is -2.14. The number of nitro groups is 1. The van der Waals surface area contributed by atoms with Crippen LogP contribution < -0.4 is 9.47 Å². The lowest BCUT2D eigenvalue weighted by Crippen LogP contribution is -2.07. The highest BCUT2D eigenvalue weighted by molar-refractivity contribution is 7.98. The predicted molar refractivity (Wildman–Crippen MR) is 111 cm³/mol. The molecule has 2 aromatic carbocycles. The van der Waals surface area contributed by atoms with Crippen LogP contribution in [0.5, 0.6) is 11.5 Å². The van der Waals surface area contributed by atoms with E-state index >= 15 is 0 Å². The Bertz CT molecular complexity index is 1000. The van der Waals surface area contributed by atoms with Crippen LogP contribution in [0.15, 0.2) is 47.6 Å². The van der Waals surface area contributed by atoms with Gasteiger partial charge in [0.15, 0.2) is 11.0 Å². The summed E-state index contributed by atoms with van der Waals surface area (Å²) in [4.78, 5) is 10.7. The predicted octanol–water partition coefficient (Wildman–Crippen LogP) is 4.48. The smallest absolute Gasteiger partial charge is 0.270 e. The van der Waals surface area contributed by atoms with E-state index in [9.17, 15) is 10.1 Å². The molecule has 0 saturated heterocycles. The molecule has 1 heterocycles. The average Bonchev–Trinajstić information content (AvgIpc) is 3.07. The highest BCUT2D eigenvalue weighted by atomic mass is 32.2. The molecule has 0 N–H and O–H groups in total. The van der Waals surface area contributed by atoms with E-state index in [1.807, 2.05) is 49.7 Å². The molecule has 3 rings (SSSR count). The summed E-state index contributed by atoms with van der Waals surface area (Å²) in [5.41, 5.74) is 1.70. The third-order valence-electron chi connectivity index (χ3n) is 4.16. The normalized spacial score (nSPS) is 10.9. The van der Waals surface area contributed by atoms with E-state index in [1.165, 1.54) is 17.8 Å². The maximum atomic E-state index is 11.1. The number of benzene rings is 2. The topological polar surface area (TPSA) is 92.3 Å². The van der Waals surface area contributed by atoms with Gasteiger partial charge in [-0.1, -0.05) is 11.8 Å². The third kappa shape index (κ3) is 4.86. The van der Waals surface area contributed by atoms with Gasteiger partial charge in [0.2, 0.25) is 0 Å². The summed E-state index contributed by atoms with van der Waals surface area (Å²) < 4.78 is 12.9. The quantitative estimate of drug-likeness (QED) is 0.305. The van der Waals surface area contributed by atoms with Gasteiger partial charge in [-0.2, -0.15) is 0 Å². The standard InChI is InChI=1S/C20H22N4O4S/c1-13(2)28-18-10-7-16(24(25)26)11-15(18)12-29-20-22-21-19(23(20)3)14-5-8-17(27-4)9-6-14/h5-11,13H,12H2,1-4H3. The molecule has 0 amide bonds. The van der Waals surface area contributed by atoms with E-state index in [1.54, 1.807) is 19.2 Å². The van der Waals surface area contributed by atoms with Gasteiger partial charge in [0.1, 0.15) is 11.5 Å². The van der Waals surface area contributed by atoms with Crippen LogP contribution in [0.1, 0.15) is 19.4 Å². The average molecular weight is 414 g/mol. The summed E-state index contributed by atoms with van der Waals surface area (Å²) in [6.45, 7) is 3.84. The van der Waals surface area contributed by atoms with Crippen LogP contribution in [0, 0.1) is 10.1 Å². The molecule has 0 aliphatic carbocycles. The van der Waals surface area contributed by atoms with E-state index in [0.29, 0.717) is 16.7 Å². The van der Waals surface area contributed by atoms with Gasteiger partial charge in [0, 0.05) is 36.1 Å². The number of thioether (sulfide) groups is 1. The minimum absolute atomic E-state index is 0.0308. The van der Waals surface area contributed by atoms with Crippen LogP contribution in [0.2, 0.25) is 0 Å². The molecule has 29 heavy (non-hydrogen) atoms. The molecule has 1 aromatic heterocycles. The minimum Gasteiger partial charge on any atom is -0.497 e. The van der Waals surface area contributed by atoms with Crippen LogP contribution in [-0.2, 0) is 12.8 Å². The Morgan fingerprint density at radius 2 is 1.90 bits per heavy atom. The zero-order chi connectivity index (χ0) is 21.0. The van der Waals surface area contributed by atoms with E-state index in [2.05, 4.69) is 10.2 Å². The molecule has 152 valence electrons. The lowest BCUT2D eigenvalue weighted by molar-refractivity contribution is -0.384. The summed E-state index contributed by atoms with van der Waals surface area (Å²) in [7, 11) is 3.51. The van der Waals surface area contributed by atoms with Crippen LogP contribution in [0.4, 0.5) is 5.69 Å². The number of hydrogen-bond donors (Lipinski definition) is 0. The van der Waals surface area contributed by atoms with E-state index in [0.717, 1.165) is 22.7 Å². The molecule has 8 nitrogen and oxygen atoms in total. The van der Waals surface area contributed by atoms with Crippen molar-refractivity contribution in [1.29, 1.82) is 0 Å². The fourth-order valence-corrected chi connectivity index (χ4v) is 3.62. The Morgan fingerprint density at radius 3 is 2.52 bits per heavy atom. The van der Waals surface area contributed by atoms with Gasteiger partial charge < -0.3 is 14.0 Å². The Kier molecular flexibility index (Phi) is 6.38. The zero-order valence-corrected chi connectivity index (χ0v) is 17.5. The second kappa shape index (κ2) is 8.95. The molecule has 0 saturated carbocycles. The van der Waals surface area contributed by atoms with E-state index in [-0.39, 0.29) is 11.8 Å². The summed E-state index contributed by atoms with van der Waals surface area (Å²) in [6.07, 6.45) is -0.0308. The fourth-order valence-electron chi connectivity index (χ4n) is 2.74. The van der Waals surface area contributed by atoms with Crippen molar-refractivity contribution in [3.8, 4) is 22.9 Å². The number of non-ortho nitro benzene ring substituents is 1. The Hall–Kier alpha value is -3.07. The lowest BCUT2D eigenvalue weighted by atomic mass is 10.2. The molecule has 3 aromatic rings. The number of hydrogen-bond acceptors (Lipinski definition) is 7. The van der Waals surface area contributed by atoms with Gasteiger partial charge >= 0.3 is 0 Å². The Morgan fingerprint density at radius 1 is 1.17 bits per heavy atom. The maximum Gasteiger partial charge on any atom is 0.270 e. The molecular weight excluding hydrogens is 392 g/mol. The van der Waals surface area contributed by atoms with Gasteiger partial charge in [-0.3, -0.25) is 10.1 Å². The minimum atomic E-state index is -0.405. The number of aromatic nitrogens is 3. The highest BCUT2D eigenvalue weighted by Gasteiger charge is 2.16. The molecule has 0 spiro atoms. The van der Waals surface area contributed by atoms with Gasteiger partial charge in [-0.25, -0.2) is 0 Å². The van der Waals surface area contributed by atoms with Crippen molar-refractivity contribution in [2.45, 2.75) is 30.9 Å². The molecule has 0 fully saturated rings. The number of rotatable bonds is 8. The molecule has 9 heteroatoms. The largest absolute Gasteiger partial charge is 0.497 e. The summed E-state index contributed by atoms with van der Waals surface area (Å²) in [5, 5.41) is 20.4. The van der Waals surface area contributed by atoms with Gasteiger partial charge in [0.25, 0.3) is 5.69 Å². The maximum absolute atomic E-state index is 11.1.